The van der Waals surface area contributed by atoms with Crippen molar-refractivity contribution in [2.45, 2.75) is 38.6 Å². The van der Waals surface area contributed by atoms with Crippen molar-refractivity contribution in [3.05, 3.63) is 40.6 Å². The average Bonchev–Trinajstić information content (AvgIpc) is 2.50. The van der Waals surface area contributed by atoms with Gasteiger partial charge in [0.1, 0.15) is 0 Å². The summed E-state index contributed by atoms with van der Waals surface area (Å²) >= 11 is 0. The maximum Gasteiger partial charge on any atom is 0.198 e. The molecule has 1 heterocycles. The lowest BCUT2D eigenvalue weighted by molar-refractivity contribution is -0.530. The summed E-state index contributed by atoms with van der Waals surface area (Å²) in [7, 11) is 0. The molecule has 1 unspecified atom stereocenters. The van der Waals surface area contributed by atoms with Gasteiger partial charge in [-0.2, -0.15) is 0 Å². The highest BCUT2D eigenvalue weighted by Gasteiger charge is 2.46. The molecule has 0 fully saturated rings. The van der Waals surface area contributed by atoms with Gasteiger partial charge >= 0.3 is 0 Å². The molecule has 0 N–H and O–H groups in total. The summed E-state index contributed by atoms with van der Waals surface area (Å²) in [6.07, 6.45) is 3.25. The number of rotatable bonds is 0. The second-order valence-corrected chi connectivity index (χ2v) is 5.59. The number of hydrogen-bond acceptors (Lipinski definition) is 1. The molecule has 1 aliphatic heterocycles. The molecule has 0 saturated carbocycles. The zero-order valence-electron chi connectivity index (χ0n) is 9.86. The number of hydroxylamine groups is 1. The minimum Gasteiger partial charge on any atom is -0.623 e. The van der Waals surface area contributed by atoms with Crippen molar-refractivity contribution in [2.24, 2.45) is 5.92 Å². The Morgan fingerprint density at radius 3 is 2.88 bits per heavy atom. The summed E-state index contributed by atoms with van der Waals surface area (Å²) in [6, 6.07) is 8.35. The van der Waals surface area contributed by atoms with E-state index in [9.17, 15) is 5.21 Å². The van der Waals surface area contributed by atoms with E-state index in [-0.39, 0.29) is 5.54 Å². The monoisotopic (exact) mass is 215 g/mol. The van der Waals surface area contributed by atoms with E-state index in [1.165, 1.54) is 15.9 Å². The summed E-state index contributed by atoms with van der Waals surface area (Å²) in [6.45, 7) is 4.10. The van der Waals surface area contributed by atoms with Crippen molar-refractivity contribution < 1.29 is 4.74 Å². The van der Waals surface area contributed by atoms with E-state index in [1.807, 2.05) is 19.9 Å². The van der Waals surface area contributed by atoms with E-state index in [0.717, 1.165) is 25.0 Å². The van der Waals surface area contributed by atoms with Crippen LogP contribution in [0.5, 0.6) is 0 Å². The molecule has 3 rings (SSSR count). The number of hydrogen-bond donors (Lipinski definition) is 0. The lowest BCUT2D eigenvalue weighted by Gasteiger charge is -2.19. The molecule has 0 saturated heterocycles. The van der Waals surface area contributed by atoms with Crippen molar-refractivity contribution in [2.75, 3.05) is 0 Å². The van der Waals surface area contributed by atoms with Gasteiger partial charge in [0.2, 0.25) is 0 Å². The van der Waals surface area contributed by atoms with E-state index in [2.05, 4.69) is 18.2 Å². The van der Waals surface area contributed by atoms with Crippen LogP contribution in [-0.4, -0.2) is 16.0 Å². The highest BCUT2D eigenvalue weighted by molar-refractivity contribution is 6.01. The summed E-state index contributed by atoms with van der Waals surface area (Å²) in [4.78, 5) is 0. The lowest BCUT2D eigenvalue weighted by atomic mass is 9.80. The Hall–Kier alpha value is -1.31. The SMILES string of the molecule is CC1(C)CC2CCc3ccccc3C2=[N+]1[O-]. The number of fused-ring (bicyclic) bond motifs is 3. The zero-order valence-corrected chi connectivity index (χ0v) is 9.86. The molecule has 1 aromatic rings. The molecule has 2 heteroatoms. The summed E-state index contributed by atoms with van der Waals surface area (Å²) in [5.41, 5.74) is 3.34. The third-order valence-electron chi connectivity index (χ3n) is 3.96. The molecule has 0 amide bonds. The largest absolute Gasteiger partial charge is 0.623 e. The van der Waals surface area contributed by atoms with Crippen molar-refractivity contribution in [1.82, 2.24) is 0 Å². The van der Waals surface area contributed by atoms with Gasteiger partial charge in [-0.25, -0.2) is 4.74 Å². The third kappa shape index (κ3) is 1.22. The Labute approximate surface area is 96.2 Å². The molecular formula is C14H17NO. The van der Waals surface area contributed by atoms with Crippen molar-refractivity contribution >= 4 is 5.71 Å². The molecule has 0 radical (unpaired) electrons. The van der Waals surface area contributed by atoms with Gasteiger partial charge < -0.3 is 5.21 Å². The van der Waals surface area contributed by atoms with E-state index >= 15 is 0 Å². The van der Waals surface area contributed by atoms with E-state index < -0.39 is 0 Å². The standard InChI is InChI=1S/C14H17NO/c1-14(2)9-11-8-7-10-5-3-4-6-12(10)13(11)15(14)16/h3-6,11H,7-9H2,1-2H3. The van der Waals surface area contributed by atoms with Crippen LogP contribution in [0.1, 0.15) is 37.8 Å². The Morgan fingerprint density at radius 1 is 1.31 bits per heavy atom. The lowest BCUT2D eigenvalue weighted by Crippen LogP contribution is -2.29. The van der Waals surface area contributed by atoms with Gasteiger partial charge in [-0.15, -0.1) is 0 Å². The molecule has 16 heavy (non-hydrogen) atoms. The van der Waals surface area contributed by atoms with Gasteiger partial charge in [0.25, 0.3) is 0 Å². The number of nitrogens with zero attached hydrogens (tertiary/aromatic N) is 1. The van der Waals surface area contributed by atoms with Crippen molar-refractivity contribution in [3.63, 3.8) is 0 Å². The van der Waals surface area contributed by atoms with E-state index in [4.69, 9.17) is 0 Å². The van der Waals surface area contributed by atoms with Crippen LogP contribution in [0.15, 0.2) is 24.3 Å². The minimum absolute atomic E-state index is 0.225. The molecular weight excluding hydrogens is 198 g/mol. The summed E-state index contributed by atoms with van der Waals surface area (Å²) in [5, 5.41) is 12.3. The second kappa shape index (κ2) is 3.09. The molecule has 0 bridgehead atoms. The molecule has 2 nitrogen and oxygen atoms in total. The van der Waals surface area contributed by atoms with Crippen molar-refractivity contribution in [3.8, 4) is 0 Å². The Balaban J connectivity index is 2.20. The first kappa shape index (κ1) is 9.88. The molecule has 1 aromatic carbocycles. The zero-order chi connectivity index (χ0) is 11.3. The maximum atomic E-state index is 12.3. The average molecular weight is 215 g/mol. The first-order valence-electron chi connectivity index (χ1n) is 6.02. The maximum absolute atomic E-state index is 12.3. The summed E-state index contributed by atoms with van der Waals surface area (Å²) < 4.78 is 1.26. The smallest absolute Gasteiger partial charge is 0.198 e. The van der Waals surface area contributed by atoms with Gasteiger partial charge in [-0.05, 0) is 24.5 Å². The van der Waals surface area contributed by atoms with Crippen LogP contribution >= 0.6 is 0 Å². The van der Waals surface area contributed by atoms with Gasteiger partial charge in [-0.3, -0.25) is 0 Å². The van der Waals surface area contributed by atoms with Crippen LogP contribution in [0.4, 0.5) is 0 Å². The van der Waals surface area contributed by atoms with E-state index in [0.29, 0.717) is 5.92 Å². The molecule has 1 atom stereocenters. The second-order valence-electron chi connectivity index (χ2n) is 5.59. The van der Waals surface area contributed by atoms with Crippen LogP contribution in [0.2, 0.25) is 0 Å². The Kier molecular flexibility index (Phi) is 1.91. The Morgan fingerprint density at radius 2 is 2.06 bits per heavy atom. The third-order valence-corrected chi connectivity index (χ3v) is 3.96. The topological polar surface area (TPSA) is 26.1 Å². The first-order chi connectivity index (χ1) is 7.59. The first-order valence-corrected chi connectivity index (χ1v) is 6.02. The van der Waals surface area contributed by atoms with E-state index in [1.54, 1.807) is 0 Å². The number of benzene rings is 1. The summed E-state index contributed by atoms with van der Waals surface area (Å²) in [5.74, 6) is 0.474. The van der Waals surface area contributed by atoms with Crippen molar-refractivity contribution in [1.29, 1.82) is 0 Å². The number of aryl methyl sites for hydroxylation is 1. The molecule has 0 aromatic heterocycles. The fraction of sp³-hybridized carbons (Fsp3) is 0.500. The van der Waals surface area contributed by atoms with Gasteiger partial charge in [-0.1, -0.05) is 18.2 Å². The fourth-order valence-electron chi connectivity index (χ4n) is 3.16. The fourth-order valence-corrected chi connectivity index (χ4v) is 3.16. The van der Waals surface area contributed by atoms with Gasteiger partial charge in [0.05, 0.1) is 5.92 Å². The quantitative estimate of drug-likeness (QED) is 0.482. The Bertz CT molecular complexity index is 473. The molecule has 84 valence electrons. The van der Waals surface area contributed by atoms with Gasteiger partial charge in [0.15, 0.2) is 11.3 Å². The van der Waals surface area contributed by atoms with Crippen LogP contribution in [-0.2, 0) is 6.42 Å². The molecule has 2 aliphatic rings. The molecule has 0 spiro atoms. The normalized spacial score (nSPS) is 26.5. The minimum atomic E-state index is -0.225. The predicted molar refractivity (Wildman–Crippen MR) is 64.7 cm³/mol. The van der Waals surface area contributed by atoms with Crippen LogP contribution in [0.25, 0.3) is 0 Å². The van der Waals surface area contributed by atoms with Gasteiger partial charge in [0, 0.05) is 25.8 Å². The van der Waals surface area contributed by atoms with Crippen LogP contribution in [0, 0.1) is 11.1 Å². The van der Waals surface area contributed by atoms with Crippen LogP contribution < -0.4 is 0 Å². The highest BCUT2D eigenvalue weighted by atomic mass is 16.5. The predicted octanol–water partition coefficient (Wildman–Crippen LogP) is 2.73. The molecule has 1 aliphatic carbocycles. The highest BCUT2D eigenvalue weighted by Crippen LogP contribution is 2.38. The van der Waals surface area contributed by atoms with Crippen LogP contribution in [0.3, 0.4) is 0 Å².